The van der Waals surface area contributed by atoms with E-state index in [0.717, 1.165) is 13.1 Å². The lowest BCUT2D eigenvalue weighted by Gasteiger charge is -2.27. The predicted molar refractivity (Wildman–Crippen MR) is 122 cm³/mol. The highest BCUT2D eigenvalue weighted by molar-refractivity contribution is 6.08. The fraction of sp³-hybridized carbons (Fsp3) is 0.417. The molecule has 10 heteroatoms. The maximum absolute atomic E-state index is 13.9. The normalized spacial score (nSPS) is 16.6. The third kappa shape index (κ3) is 4.88. The van der Waals surface area contributed by atoms with Gasteiger partial charge in [0.25, 0.3) is 5.91 Å². The van der Waals surface area contributed by atoms with Crippen molar-refractivity contribution in [2.75, 3.05) is 26.2 Å². The standard InChI is InChI=1S/C24H27F3N4O3/c1-2-3-18(22(28)32)30-21(24(25,26)27)14-4-6-16-17-12-15(5-7-19(17)34-20(16)13-14)23(33)31-10-8-29-9-11-31/h4-7,12-13,18,21,29-30H,2-3,8-11H2,1H3,(H2,28,32)/t18?,21-/m0/s1. The van der Waals surface area contributed by atoms with Crippen LogP contribution in [0.15, 0.2) is 40.8 Å². The van der Waals surface area contributed by atoms with Crippen LogP contribution in [0.4, 0.5) is 13.2 Å². The second kappa shape index (κ2) is 9.63. The fourth-order valence-corrected chi connectivity index (χ4v) is 4.33. The van der Waals surface area contributed by atoms with Gasteiger partial charge >= 0.3 is 6.18 Å². The highest BCUT2D eigenvalue weighted by Crippen LogP contribution is 2.37. The number of nitrogens with two attached hydrogens (primary N) is 1. The number of rotatable bonds is 7. The molecule has 1 aromatic heterocycles. The number of carbonyl (C=O) groups is 2. The first-order chi connectivity index (χ1) is 16.2. The SMILES string of the molecule is CCCC(N[C@@H](c1ccc2c(c1)oc1ccc(C(=O)N3CCNCC3)cc12)C(F)(F)F)C(N)=O. The van der Waals surface area contributed by atoms with Crippen molar-refractivity contribution in [3.63, 3.8) is 0 Å². The van der Waals surface area contributed by atoms with Gasteiger partial charge in [-0.15, -0.1) is 0 Å². The third-order valence-corrected chi connectivity index (χ3v) is 6.10. The molecule has 1 fully saturated rings. The summed E-state index contributed by atoms with van der Waals surface area (Å²) in [5.41, 5.74) is 6.46. The van der Waals surface area contributed by atoms with Crippen LogP contribution in [-0.4, -0.2) is 55.1 Å². The number of alkyl halides is 3. The quantitative estimate of drug-likeness (QED) is 0.485. The molecule has 3 aromatic rings. The molecule has 0 bridgehead atoms. The molecule has 4 N–H and O–H groups in total. The Bertz CT molecular complexity index is 1200. The largest absolute Gasteiger partial charge is 0.456 e. The van der Waals surface area contributed by atoms with Gasteiger partial charge in [0.1, 0.15) is 17.2 Å². The molecular formula is C24H27F3N4O3. The van der Waals surface area contributed by atoms with Gasteiger partial charge in [-0.05, 0) is 36.2 Å². The van der Waals surface area contributed by atoms with E-state index in [1.54, 1.807) is 36.1 Å². The van der Waals surface area contributed by atoms with Gasteiger partial charge in [0.05, 0.1) is 6.04 Å². The van der Waals surface area contributed by atoms with E-state index in [9.17, 15) is 22.8 Å². The second-order valence-electron chi connectivity index (χ2n) is 8.50. The Morgan fingerprint density at radius 3 is 2.50 bits per heavy atom. The molecule has 1 unspecified atom stereocenters. The van der Waals surface area contributed by atoms with Crippen molar-refractivity contribution in [2.24, 2.45) is 5.73 Å². The zero-order valence-corrected chi connectivity index (χ0v) is 18.7. The average Bonchev–Trinajstić information content (AvgIpc) is 3.17. The van der Waals surface area contributed by atoms with Crippen LogP contribution in [0, 0.1) is 0 Å². The van der Waals surface area contributed by atoms with Crippen LogP contribution in [-0.2, 0) is 4.79 Å². The van der Waals surface area contributed by atoms with Crippen molar-refractivity contribution >= 4 is 33.8 Å². The van der Waals surface area contributed by atoms with Crippen molar-refractivity contribution in [3.05, 3.63) is 47.5 Å². The first-order valence-corrected chi connectivity index (χ1v) is 11.3. The van der Waals surface area contributed by atoms with Crippen molar-refractivity contribution in [1.29, 1.82) is 0 Å². The van der Waals surface area contributed by atoms with Crippen LogP contribution in [0.3, 0.4) is 0 Å². The molecule has 0 aliphatic carbocycles. The number of carbonyl (C=O) groups excluding carboxylic acids is 2. The molecule has 0 radical (unpaired) electrons. The molecule has 4 rings (SSSR count). The lowest BCUT2D eigenvalue weighted by Crippen LogP contribution is -2.47. The molecule has 1 aliphatic heterocycles. The Hall–Kier alpha value is -3.11. The van der Waals surface area contributed by atoms with Gasteiger partial charge in [0.15, 0.2) is 0 Å². The van der Waals surface area contributed by atoms with Gasteiger partial charge in [-0.25, -0.2) is 0 Å². The molecule has 0 saturated carbocycles. The molecular weight excluding hydrogens is 449 g/mol. The number of amides is 2. The minimum atomic E-state index is -4.65. The Labute approximate surface area is 194 Å². The molecule has 1 saturated heterocycles. The number of primary amides is 1. The van der Waals surface area contributed by atoms with E-state index in [4.69, 9.17) is 10.2 Å². The van der Waals surface area contributed by atoms with Crippen molar-refractivity contribution in [1.82, 2.24) is 15.5 Å². The number of halogens is 3. The third-order valence-electron chi connectivity index (χ3n) is 6.10. The average molecular weight is 476 g/mol. The molecule has 1 aliphatic rings. The maximum Gasteiger partial charge on any atom is 0.407 e. The lowest BCUT2D eigenvalue weighted by molar-refractivity contribution is -0.160. The van der Waals surface area contributed by atoms with E-state index in [1.807, 2.05) is 0 Å². The van der Waals surface area contributed by atoms with Crippen LogP contribution in [0.25, 0.3) is 21.9 Å². The van der Waals surface area contributed by atoms with Gasteiger partial charge in [-0.1, -0.05) is 25.5 Å². The Morgan fingerprint density at radius 1 is 1.12 bits per heavy atom. The second-order valence-corrected chi connectivity index (χ2v) is 8.50. The summed E-state index contributed by atoms with van der Waals surface area (Å²) in [5.74, 6) is -0.924. The lowest BCUT2D eigenvalue weighted by atomic mass is 10.0. The topological polar surface area (TPSA) is 101 Å². The number of furan rings is 1. The summed E-state index contributed by atoms with van der Waals surface area (Å²) in [6, 6.07) is 6.08. The van der Waals surface area contributed by atoms with Gasteiger partial charge in [-0.2, -0.15) is 13.2 Å². The minimum absolute atomic E-state index is 0.0847. The summed E-state index contributed by atoms with van der Waals surface area (Å²) >= 11 is 0. The summed E-state index contributed by atoms with van der Waals surface area (Å²) in [6.07, 6.45) is -3.95. The summed E-state index contributed by atoms with van der Waals surface area (Å²) in [7, 11) is 0. The van der Waals surface area contributed by atoms with Crippen LogP contribution >= 0.6 is 0 Å². The van der Waals surface area contributed by atoms with E-state index in [-0.39, 0.29) is 23.5 Å². The zero-order chi connectivity index (χ0) is 24.5. The summed E-state index contributed by atoms with van der Waals surface area (Å²) in [6.45, 7) is 4.45. The number of nitrogens with one attached hydrogen (secondary N) is 2. The molecule has 2 amide bonds. The number of hydrogen-bond donors (Lipinski definition) is 3. The summed E-state index contributed by atoms with van der Waals surface area (Å²) in [4.78, 5) is 26.3. The Kier molecular flexibility index (Phi) is 6.81. The van der Waals surface area contributed by atoms with Crippen molar-refractivity contribution in [3.8, 4) is 0 Å². The number of nitrogens with zero attached hydrogens (tertiary/aromatic N) is 1. The highest BCUT2D eigenvalue weighted by Gasteiger charge is 2.42. The van der Waals surface area contributed by atoms with Crippen molar-refractivity contribution in [2.45, 2.75) is 38.0 Å². The fourth-order valence-electron chi connectivity index (χ4n) is 4.33. The van der Waals surface area contributed by atoms with E-state index in [1.165, 1.54) is 12.1 Å². The smallest absolute Gasteiger partial charge is 0.407 e. The maximum atomic E-state index is 13.9. The van der Waals surface area contributed by atoms with E-state index >= 15 is 0 Å². The zero-order valence-electron chi connectivity index (χ0n) is 18.7. The van der Waals surface area contributed by atoms with Crippen LogP contribution in [0.1, 0.15) is 41.7 Å². The predicted octanol–water partition coefficient (Wildman–Crippen LogP) is 3.48. The first-order valence-electron chi connectivity index (χ1n) is 11.3. The van der Waals surface area contributed by atoms with Gasteiger partial charge in [-0.3, -0.25) is 14.9 Å². The van der Waals surface area contributed by atoms with Crippen LogP contribution in [0.5, 0.6) is 0 Å². The summed E-state index contributed by atoms with van der Waals surface area (Å²) < 4.78 is 47.5. The molecule has 2 aromatic carbocycles. The Balaban J connectivity index is 1.69. The highest BCUT2D eigenvalue weighted by atomic mass is 19.4. The van der Waals surface area contributed by atoms with Crippen molar-refractivity contribution < 1.29 is 27.2 Å². The summed E-state index contributed by atoms with van der Waals surface area (Å²) in [5, 5.41) is 6.83. The van der Waals surface area contributed by atoms with E-state index in [2.05, 4.69) is 10.6 Å². The number of hydrogen-bond acceptors (Lipinski definition) is 5. The minimum Gasteiger partial charge on any atom is -0.456 e. The Morgan fingerprint density at radius 2 is 1.85 bits per heavy atom. The van der Waals surface area contributed by atoms with Gasteiger partial charge in [0, 0.05) is 42.5 Å². The van der Waals surface area contributed by atoms with Gasteiger partial charge < -0.3 is 20.4 Å². The molecule has 2 atom stereocenters. The monoisotopic (exact) mass is 476 g/mol. The van der Waals surface area contributed by atoms with Crippen LogP contribution in [0.2, 0.25) is 0 Å². The van der Waals surface area contributed by atoms with E-state index in [0.29, 0.717) is 41.4 Å². The van der Waals surface area contributed by atoms with E-state index < -0.39 is 24.2 Å². The molecule has 34 heavy (non-hydrogen) atoms. The van der Waals surface area contributed by atoms with Gasteiger partial charge in [0.2, 0.25) is 5.91 Å². The molecule has 182 valence electrons. The molecule has 7 nitrogen and oxygen atoms in total. The number of benzene rings is 2. The number of fused-ring (bicyclic) bond motifs is 3. The van der Waals surface area contributed by atoms with Crippen LogP contribution < -0.4 is 16.4 Å². The molecule has 0 spiro atoms. The number of piperazine rings is 1. The first kappa shape index (κ1) is 24.0. The molecule has 2 heterocycles.